The Labute approximate surface area is 263 Å². The Hall–Kier alpha value is -2.64. The number of aryl methyl sites for hydroxylation is 1. The van der Waals surface area contributed by atoms with Crippen LogP contribution in [0.25, 0.3) is 5.41 Å². The number of aliphatic imine (C=N–C) groups is 1. The van der Waals surface area contributed by atoms with Crippen LogP contribution in [-0.4, -0.2) is 72.3 Å². The van der Waals surface area contributed by atoms with Crippen molar-refractivity contribution < 1.29 is 57.9 Å². The van der Waals surface area contributed by atoms with Crippen LogP contribution in [0.4, 0.5) is 0 Å². The van der Waals surface area contributed by atoms with Crippen LogP contribution in [0.1, 0.15) is 42.7 Å². The van der Waals surface area contributed by atoms with E-state index in [-0.39, 0.29) is 38.7 Å². The Kier molecular flexibility index (Phi) is 31.0. The smallest absolute Gasteiger partial charge is 0.873 e. The van der Waals surface area contributed by atoms with Gasteiger partial charge in [0.2, 0.25) is 0 Å². The van der Waals surface area contributed by atoms with Crippen molar-refractivity contribution in [2.45, 2.75) is 40.2 Å². The van der Waals surface area contributed by atoms with Crippen molar-refractivity contribution in [2.75, 3.05) is 34.2 Å². The van der Waals surface area contributed by atoms with Gasteiger partial charge in [0.1, 0.15) is 0 Å². The van der Waals surface area contributed by atoms with Gasteiger partial charge in [-0.05, 0) is 66.2 Å². The predicted octanol–water partition coefficient (Wildman–Crippen LogP) is 0.837. The van der Waals surface area contributed by atoms with E-state index >= 15 is 0 Å². The number of pyridine rings is 1. The van der Waals surface area contributed by atoms with E-state index in [1.54, 1.807) is 6.21 Å². The first-order chi connectivity index (χ1) is 17.8. The molecule has 0 atom stereocenters. The molecule has 0 fully saturated rings. The third kappa shape index (κ3) is 28.4. The van der Waals surface area contributed by atoms with Gasteiger partial charge >= 0.3 is 33.0 Å². The third-order valence-corrected chi connectivity index (χ3v) is 4.28. The van der Waals surface area contributed by atoms with E-state index in [2.05, 4.69) is 32.0 Å². The molecule has 0 unspecified atom stereocenters. The van der Waals surface area contributed by atoms with E-state index in [1.807, 2.05) is 71.1 Å². The number of nitrogens with zero attached hydrogens (tertiary/aromatic N) is 5. The Morgan fingerprint density at radius 1 is 1.12 bits per heavy atom. The standard InChI is InChI=1S/C22H31N4O.2C2H4O2.CNS.2Ni/c1-18-14-19(16-23-10-7-12-25(2)3)22(27)20(15-18)17-26(4)13-9-21-8-5-6-11-24-21;2*1-2(3)4;2-1-3;;/h5-6,8,10-11,14-16,27H,7,9,12-13,17H2,1-4H3;2*1H3,(H,3,4);;;/q-1;;;-1;2*+3/p-3. The topological polar surface area (TPSA) is 157 Å². The van der Waals surface area contributed by atoms with Crippen molar-refractivity contribution in [3.8, 4) is 5.75 Å². The summed E-state index contributed by atoms with van der Waals surface area (Å²) in [6, 6.07) is 9.83. The molecule has 2 rings (SSSR count). The van der Waals surface area contributed by atoms with Gasteiger partial charge in [0, 0.05) is 43.3 Å². The zero-order valence-electron chi connectivity index (χ0n) is 23.5. The van der Waals surface area contributed by atoms with Crippen molar-refractivity contribution in [1.82, 2.24) is 14.8 Å². The number of carbonyl (C=O) groups is 2. The molecule has 0 aliphatic rings. The molecule has 13 heteroatoms. The largest absolute Gasteiger partial charge is 3.00 e. The van der Waals surface area contributed by atoms with Crippen LogP contribution in [-0.2, 0) is 55.5 Å². The second-order valence-corrected chi connectivity index (χ2v) is 8.46. The van der Waals surface area contributed by atoms with Gasteiger partial charge in [0.25, 0.3) is 0 Å². The number of hydrogen-bond donors (Lipinski definition) is 0. The molecular weight excluding hydrogens is 624 g/mol. The fraction of sp³-hybridized carbons (Fsp3) is 0.407. The monoisotopic (exact) mass is 658 g/mol. The van der Waals surface area contributed by atoms with Gasteiger partial charge in [-0.15, -0.1) is 18.5 Å². The molecule has 0 N–H and O–H groups in total. The number of isothiocyanates is 1. The number of carbonyl (C=O) groups excluding carboxylic acids is 2. The van der Waals surface area contributed by atoms with Gasteiger partial charge in [0.05, 0.1) is 0 Å². The summed E-state index contributed by atoms with van der Waals surface area (Å²) in [6.45, 7) is 8.25. The van der Waals surface area contributed by atoms with Crippen molar-refractivity contribution in [1.29, 1.82) is 0 Å². The van der Waals surface area contributed by atoms with Gasteiger partial charge in [0.15, 0.2) is 0 Å². The Morgan fingerprint density at radius 2 is 1.68 bits per heavy atom. The fourth-order valence-electron chi connectivity index (χ4n) is 2.84. The van der Waals surface area contributed by atoms with Crippen LogP contribution in [0.15, 0.2) is 41.5 Å². The number of aromatic nitrogens is 1. The van der Waals surface area contributed by atoms with E-state index in [1.165, 1.54) is 5.16 Å². The molecule has 224 valence electrons. The summed E-state index contributed by atoms with van der Waals surface area (Å²) in [5.74, 6) is -2.10. The Balaban J connectivity index is -0.000000427. The molecule has 0 amide bonds. The average molecular weight is 660 g/mol. The first kappa shape index (κ1) is 44.4. The molecular formula is C27H36N5Ni2O5S+. The SMILES string of the molecule is CC(=O)[O-].CC(=O)[O-].Cc1cc(C=N[CH-]CCN(C)C)c([O-])c(CN(C)CCc2ccccn2)c1.[N-]=C=S.[Ni+3].[Ni+3]. The molecule has 0 saturated heterocycles. The van der Waals surface area contributed by atoms with Gasteiger partial charge < -0.3 is 45.1 Å². The van der Waals surface area contributed by atoms with Crippen LogP contribution in [0.5, 0.6) is 5.75 Å². The molecule has 1 heterocycles. The third-order valence-electron chi connectivity index (χ3n) is 4.28. The molecule has 0 aliphatic carbocycles. The van der Waals surface area contributed by atoms with Crippen LogP contribution >= 0.6 is 12.2 Å². The van der Waals surface area contributed by atoms with Gasteiger partial charge in [-0.1, -0.05) is 48.0 Å². The number of hydrogen-bond acceptors (Lipinski definition) is 10. The zero-order valence-corrected chi connectivity index (χ0v) is 26.3. The quantitative estimate of drug-likeness (QED) is 0.119. The number of thiocarbonyl (C=S) groups is 1. The van der Waals surface area contributed by atoms with Crippen LogP contribution in [0.2, 0.25) is 0 Å². The average Bonchev–Trinajstić information content (AvgIpc) is 2.80. The van der Waals surface area contributed by atoms with E-state index in [0.717, 1.165) is 56.6 Å². The number of benzene rings is 1. The van der Waals surface area contributed by atoms with Gasteiger partial charge in [-0.25, -0.2) is 0 Å². The van der Waals surface area contributed by atoms with Crippen molar-refractivity contribution in [3.05, 3.63) is 70.9 Å². The second-order valence-electron chi connectivity index (χ2n) is 8.28. The molecule has 1 aromatic heterocycles. The minimum atomic E-state index is -1.08. The number of carboxylic acids is 2. The molecule has 2 radical (unpaired) electrons. The number of likely N-dealkylation sites (N-methyl/N-ethyl adjacent to an activating group) is 1. The summed E-state index contributed by atoms with van der Waals surface area (Å²) in [7, 11) is 6.10. The molecule has 1 aromatic carbocycles. The van der Waals surface area contributed by atoms with Crippen molar-refractivity contribution in [3.63, 3.8) is 0 Å². The molecule has 40 heavy (non-hydrogen) atoms. The van der Waals surface area contributed by atoms with E-state index in [4.69, 9.17) is 25.2 Å². The van der Waals surface area contributed by atoms with E-state index in [9.17, 15) is 5.11 Å². The predicted molar refractivity (Wildman–Crippen MR) is 147 cm³/mol. The van der Waals surface area contributed by atoms with Crippen molar-refractivity contribution >= 4 is 35.5 Å². The first-order valence-corrected chi connectivity index (χ1v) is 12.0. The van der Waals surface area contributed by atoms with Gasteiger partial charge in [-0.3, -0.25) is 4.98 Å². The molecule has 0 aliphatic heterocycles. The van der Waals surface area contributed by atoms with E-state index in [0.29, 0.717) is 12.1 Å². The minimum Gasteiger partial charge on any atom is -0.873 e. The number of carboxylic acid groups (broad SMARTS) is 2. The van der Waals surface area contributed by atoms with Crippen LogP contribution in [0.3, 0.4) is 0 Å². The van der Waals surface area contributed by atoms with E-state index < -0.39 is 11.9 Å². The van der Waals surface area contributed by atoms with Crippen molar-refractivity contribution in [2.24, 2.45) is 4.99 Å². The summed E-state index contributed by atoms with van der Waals surface area (Å²) in [6.07, 6.45) is 5.23. The first-order valence-electron chi connectivity index (χ1n) is 11.6. The van der Waals surface area contributed by atoms with Crippen LogP contribution in [0, 0.1) is 13.5 Å². The summed E-state index contributed by atoms with van der Waals surface area (Å²) in [5, 5.41) is 39.0. The fourth-order valence-corrected chi connectivity index (χ4v) is 2.84. The second kappa shape index (κ2) is 27.9. The Bertz CT molecular complexity index is 1000. The van der Waals surface area contributed by atoms with Crippen LogP contribution < -0.4 is 15.3 Å². The molecule has 2 aromatic rings. The maximum absolute atomic E-state index is 12.8. The molecule has 10 nitrogen and oxygen atoms in total. The number of rotatable bonds is 10. The molecule has 0 spiro atoms. The molecule has 0 saturated carbocycles. The molecule has 0 bridgehead atoms. The van der Waals surface area contributed by atoms with Gasteiger partial charge in [-0.2, -0.15) is 5.16 Å². The normalized spacial score (nSPS) is 9.30. The zero-order chi connectivity index (χ0) is 29.5. The summed E-state index contributed by atoms with van der Waals surface area (Å²) >= 11 is 3.70. The number of aliphatic carboxylic acids is 2. The summed E-state index contributed by atoms with van der Waals surface area (Å²) in [5.41, 5.74) is 3.62. The minimum absolute atomic E-state index is 0. The maximum Gasteiger partial charge on any atom is 3.00 e. The Morgan fingerprint density at radius 3 is 2.15 bits per heavy atom. The maximum atomic E-state index is 12.8. The summed E-state index contributed by atoms with van der Waals surface area (Å²) < 4.78 is 0. The summed E-state index contributed by atoms with van der Waals surface area (Å²) in [4.78, 5) is 30.7.